The number of nitrogens with two attached hydrogens (primary N) is 1. The highest BCUT2D eigenvalue weighted by Crippen LogP contribution is 2.20. The van der Waals surface area contributed by atoms with E-state index in [0.29, 0.717) is 5.52 Å². The summed E-state index contributed by atoms with van der Waals surface area (Å²) in [6, 6.07) is 10.7. The van der Waals surface area contributed by atoms with Crippen molar-refractivity contribution in [2.45, 2.75) is 12.5 Å². The van der Waals surface area contributed by atoms with Gasteiger partial charge in [-0.25, -0.2) is 0 Å². The molecule has 3 rings (SSSR count). The molecule has 1 heterocycles. The van der Waals surface area contributed by atoms with Crippen molar-refractivity contribution in [2.75, 3.05) is 0 Å². The average molecular weight is 382 g/mol. The fraction of sp³-hybridized carbons (Fsp3) is 0.105. The van der Waals surface area contributed by atoms with Crippen molar-refractivity contribution in [1.29, 1.82) is 0 Å². The van der Waals surface area contributed by atoms with Crippen LogP contribution in [0.25, 0.3) is 10.9 Å². The molecule has 0 spiro atoms. The molecule has 0 aliphatic heterocycles. The highest BCUT2D eigenvalue weighted by molar-refractivity contribution is 6.06. The molecule has 8 nitrogen and oxygen atoms in total. The second-order valence-electron chi connectivity index (χ2n) is 6.06. The number of hydrogen-bond acceptors (Lipinski definition) is 5. The van der Waals surface area contributed by atoms with Gasteiger partial charge in [-0.15, -0.1) is 0 Å². The Hall–Kier alpha value is -3.88. The summed E-state index contributed by atoms with van der Waals surface area (Å²) in [5.74, 6) is -2.38. The third kappa shape index (κ3) is 3.93. The molecule has 0 saturated heterocycles. The van der Waals surface area contributed by atoms with E-state index in [1.807, 2.05) is 0 Å². The minimum Gasteiger partial charge on any atom is -0.368 e. The minimum atomic E-state index is -1.14. The van der Waals surface area contributed by atoms with Gasteiger partial charge < -0.3 is 11.1 Å². The Kier molecular flexibility index (Phi) is 5.25. The number of primary amides is 1. The molecule has 0 radical (unpaired) electrons. The predicted molar refractivity (Wildman–Crippen MR) is 99.0 cm³/mol. The normalized spacial score (nSPS) is 11.8. The monoisotopic (exact) mass is 382 g/mol. The number of nitro groups is 1. The number of pyridine rings is 1. The summed E-state index contributed by atoms with van der Waals surface area (Å²) in [6.45, 7) is 0. The molecule has 0 bridgehead atoms. The Balaban J connectivity index is 1.85. The fourth-order valence-corrected chi connectivity index (χ4v) is 2.81. The van der Waals surface area contributed by atoms with Gasteiger partial charge in [0.15, 0.2) is 0 Å². The van der Waals surface area contributed by atoms with Gasteiger partial charge in [0.1, 0.15) is 6.04 Å². The number of carbonyl (C=O) groups is 2. The topological polar surface area (TPSA) is 128 Å². The molecule has 0 saturated carbocycles. The van der Waals surface area contributed by atoms with E-state index in [9.17, 15) is 24.1 Å². The van der Waals surface area contributed by atoms with Crippen molar-refractivity contribution < 1.29 is 18.9 Å². The molecule has 2 amide bonds. The summed E-state index contributed by atoms with van der Waals surface area (Å²) in [7, 11) is 0. The quantitative estimate of drug-likeness (QED) is 0.498. The van der Waals surface area contributed by atoms with E-state index < -0.39 is 34.3 Å². The van der Waals surface area contributed by atoms with Gasteiger partial charge in [0.2, 0.25) is 11.7 Å². The first-order valence-electron chi connectivity index (χ1n) is 8.23. The van der Waals surface area contributed by atoms with Gasteiger partial charge in [-0.05, 0) is 23.8 Å². The lowest BCUT2D eigenvalue weighted by atomic mass is 10.0. The maximum absolute atomic E-state index is 13.5. The number of para-hydroxylation sites is 1. The van der Waals surface area contributed by atoms with Gasteiger partial charge in [-0.3, -0.25) is 24.7 Å². The van der Waals surface area contributed by atoms with Gasteiger partial charge in [-0.2, -0.15) is 4.39 Å². The van der Waals surface area contributed by atoms with E-state index in [1.54, 1.807) is 36.5 Å². The van der Waals surface area contributed by atoms with Crippen LogP contribution in [0.5, 0.6) is 0 Å². The second-order valence-corrected chi connectivity index (χ2v) is 6.06. The number of aromatic nitrogens is 1. The number of nitrogens with zero attached hydrogens (tertiary/aromatic N) is 2. The fourth-order valence-electron chi connectivity index (χ4n) is 2.81. The highest BCUT2D eigenvalue weighted by atomic mass is 19.1. The lowest BCUT2D eigenvalue weighted by molar-refractivity contribution is -0.387. The summed E-state index contributed by atoms with van der Waals surface area (Å²) < 4.78 is 13.5. The number of benzene rings is 2. The highest BCUT2D eigenvalue weighted by Gasteiger charge is 2.23. The second kappa shape index (κ2) is 7.78. The molecule has 0 aliphatic rings. The zero-order valence-electron chi connectivity index (χ0n) is 14.5. The third-order valence-corrected chi connectivity index (χ3v) is 4.17. The Morgan fingerprint density at radius 3 is 2.68 bits per heavy atom. The van der Waals surface area contributed by atoms with Gasteiger partial charge in [0, 0.05) is 24.1 Å². The van der Waals surface area contributed by atoms with Crippen molar-refractivity contribution in [2.24, 2.45) is 5.73 Å². The Morgan fingerprint density at radius 2 is 1.96 bits per heavy atom. The minimum absolute atomic E-state index is 0.125. The van der Waals surface area contributed by atoms with E-state index in [2.05, 4.69) is 10.3 Å². The van der Waals surface area contributed by atoms with Crippen LogP contribution in [0.4, 0.5) is 10.1 Å². The van der Waals surface area contributed by atoms with Crippen molar-refractivity contribution in [1.82, 2.24) is 10.3 Å². The number of nitro benzene ring substituents is 1. The summed E-state index contributed by atoms with van der Waals surface area (Å²) in [4.78, 5) is 38.7. The maximum Gasteiger partial charge on any atom is 0.305 e. The lowest BCUT2D eigenvalue weighted by Gasteiger charge is -2.16. The average Bonchev–Trinajstić information content (AvgIpc) is 2.68. The number of hydrogen-bond donors (Lipinski definition) is 2. The van der Waals surface area contributed by atoms with Crippen LogP contribution in [-0.2, 0) is 11.2 Å². The summed E-state index contributed by atoms with van der Waals surface area (Å²) in [5, 5.41) is 14.1. The zero-order chi connectivity index (χ0) is 20.3. The van der Waals surface area contributed by atoms with Crippen LogP contribution in [0.1, 0.15) is 15.9 Å². The zero-order valence-corrected chi connectivity index (χ0v) is 14.5. The van der Waals surface area contributed by atoms with Crippen molar-refractivity contribution in [3.63, 3.8) is 0 Å². The largest absolute Gasteiger partial charge is 0.368 e. The Labute approximate surface area is 158 Å². The molecule has 28 heavy (non-hydrogen) atoms. The van der Waals surface area contributed by atoms with Crippen molar-refractivity contribution in [3.05, 3.63) is 81.8 Å². The SMILES string of the molecule is NC(=O)[C@@H](Cc1ccc(F)c([N+](=O)[O-])c1)NC(=O)c1cccc2cccnc12. The molecule has 142 valence electrons. The molecule has 2 aromatic carbocycles. The standard InChI is InChI=1S/C19H15FN4O4/c20-14-7-6-11(10-16(14)24(27)28)9-15(18(21)25)23-19(26)13-5-1-3-12-4-2-8-22-17(12)13/h1-8,10,15H,9H2,(H2,21,25)(H,23,26)/t15-/m1/s1. The van der Waals surface area contributed by atoms with Crippen molar-refractivity contribution in [3.8, 4) is 0 Å². The van der Waals surface area contributed by atoms with Crippen LogP contribution < -0.4 is 11.1 Å². The number of fused-ring (bicyclic) bond motifs is 1. The number of amides is 2. The number of nitrogens with one attached hydrogen (secondary N) is 1. The van der Waals surface area contributed by atoms with Gasteiger partial charge in [0.25, 0.3) is 5.91 Å². The number of halogens is 1. The van der Waals surface area contributed by atoms with Crippen molar-refractivity contribution >= 4 is 28.4 Å². The summed E-state index contributed by atoms with van der Waals surface area (Å²) >= 11 is 0. The van der Waals surface area contributed by atoms with Crippen LogP contribution >= 0.6 is 0 Å². The van der Waals surface area contributed by atoms with E-state index in [1.165, 1.54) is 6.07 Å². The Bertz CT molecular complexity index is 1080. The van der Waals surface area contributed by atoms with E-state index in [4.69, 9.17) is 5.73 Å². The maximum atomic E-state index is 13.5. The molecular weight excluding hydrogens is 367 g/mol. The molecule has 3 aromatic rings. The first kappa shape index (κ1) is 18.9. The molecular formula is C19H15FN4O4. The molecule has 1 aromatic heterocycles. The Morgan fingerprint density at radius 1 is 1.21 bits per heavy atom. The van der Waals surface area contributed by atoms with Crippen LogP contribution in [0, 0.1) is 15.9 Å². The summed E-state index contributed by atoms with van der Waals surface area (Å²) in [5.41, 5.74) is 5.66. The van der Waals surface area contributed by atoms with Crippen LogP contribution in [0.15, 0.2) is 54.7 Å². The molecule has 3 N–H and O–H groups in total. The van der Waals surface area contributed by atoms with Gasteiger partial charge >= 0.3 is 5.69 Å². The first-order valence-corrected chi connectivity index (χ1v) is 8.23. The first-order chi connectivity index (χ1) is 13.4. The van der Waals surface area contributed by atoms with E-state index >= 15 is 0 Å². The molecule has 1 atom stereocenters. The lowest BCUT2D eigenvalue weighted by Crippen LogP contribution is -2.45. The number of rotatable bonds is 6. The molecule has 0 fully saturated rings. The van der Waals surface area contributed by atoms with Gasteiger partial charge in [-0.1, -0.05) is 24.3 Å². The smallest absolute Gasteiger partial charge is 0.305 e. The van der Waals surface area contributed by atoms with Crippen LogP contribution in [0.2, 0.25) is 0 Å². The van der Waals surface area contributed by atoms with E-state index in [0.717, 1.165) is 17.5 Å². The number of carbonyl (C=O) groups excluding carboxylic acids is 2. The predicted octanol–water partition coefficient (Wildman–Crippen LogP) is 2.11. The summed E-state index contributed by atoms with van der Waals surface area (Å²) in [6.07, 6.45) is 1.42. The van der Waals surface area contributed by atoms with E-state index in [-0.39, 0.29) is 17.5 Å². The van der Waals surface area contributed by atoms with Gasteiger partial charge in [0.05, 0.1) is 16.0 Å². The van der Waals surface area contributed by atoms with Crippen LogP contribution in [-0.4, -0.2) is 27.8 Å². The third-order valence-electron chi connectivity index (χ3n) is 4.17. The molecule has 9 heteroatoms. The molecule has 0 unspecified atom stereocenters. The van der Waals surface area contributed by atoms with Crippen LogP contribution in [0.3, 0.4) is 0 Å². The molecule has 0 aliphatic carbocycles.